The van der Waals surface area contributed by atoms with Crippen molar-refractivity contribution in [3.8, 4) is 0 Å². The molecule has 0 amide bonds. The first-order valence-electron chi connectivity index (χ1n) is 7.17. The molecule has 4 heteroatoms. The monoisotopic (exact) mass is 267 g/mol. The molecule has 0 spiro atoms. The minimum atomic E-state index is -0.291. The summed E-state index contributed by atoms with van der Waals surface area (Å²) in [6.07, 6.45) is 12.9. The SMILES string of the molecule is CCCCCCCCCCCCOC(=O)CN.[NaH]. The van der Waals surface area contributed by atoms with E-state index < -0.39 is 0 Å². The second kappa shape index (κ2) is 17.4. The second-order valence-corrected chi connectivity index (χ2v) is 4.61. The number of rotatable bonds is 12. The average Bonchev–Trinajstić information content (AvgIpc) is 2.35. The Morgan fingerprint density at radius 2 is 1.33 bits per heavy atom. The number of hydrogen-bond acceptors (Lipinski definition) is 3. The number of carbonyl (C=O) groups is 1. The molecule has 0 fully saturated rings. The first-order chi connectivity index (χ1) is 8.31. The van der Waals surface area contributed by atoms with E-state index in [1.54, 1.807) is 0 Å². The van der Waals surface area contributed by atoms with Gasteiger partial charge in [-0.1, -0.05) is 64.7 Å². The predicted octanol–water partition coefficient (Wildman–Crippen LogP) is 2.76. The van der Waals surface area contributed by atoms with E-state index in [9.17, 15) is 4.79 Å². The van der Waals surface area contributed by atoms with Gasteiger partial charge in [0, 0.05) is 0 Å². The van der Waals surface area contributed by atoms with Crippen molar-refractivity contribution in [3.05, 3.63) is 0 Å². The normalized spacial score (nSPS) is 9.89. The summed E-state index contributed by atoms with van der Waals surface area (Å²) in [4.78, 5) is 10.7. The molecule has 0 aromatic rings. The van der Waals surface area contributed by atoms with Crippen molar-refractivity contribution in [1.29, 1.82) is 0 Å². The summed E-state index contributed by atoms with van der Waals surface area (Å²) in [5, 5.41) is 0. The standard InChI is InChI=1S/C14H29NO2.Na.H/c1-2-3-4-5-6-7-8-9-10-11-12-17-14(16)13-15;;/h2-13,15H2,1H3;;. The van der Waals surface area contributed by atoms with Crippen LogP contribution < -0.4 is 5.73 Å². The first kappa shape index (κ1) is 20.7. The quantitative estimate of drug-likeness (QED) is 0.336. The molecule has 0 rings (SSSR count). The van der Waals surface area contributed by atoms with E-state index in [1.807, 2.05) is 0 Å². The van der Waals surface area contributed by atoms with Crippen molar-refractivity contribution >= 4 is 35.5 Å². The molecule has 0 saturated carbocycles. The summed E-state index contributed by atoms with van der Waals surface area (Å²) in [6.45, 7) is 2.78. The fourth-order valence-corrected chi connectivity index (χ4v) is 1.83. The zero-order valence-electron chi connectivity index (χ0n) is 11.4. The molecule has 0 bridgehead atoms. The Morgan fingerprint density at radius 1 is 0.889 bits per heavy atom. The first-order valence-corrected chi connectivity index (χ1v) is 7.17. The summed E-state index contributed by atoms with van der Waals surface area (Å²) in [7, 11) is 0. The predicted molar refractivity (Wildman–Crippen MR) is 79.0 cm³/mol. The fourth-order valence-electron chi connectivity index (χ4n) is 1.83. The van der Waals surface area contributed by atoms with Crippen LogP contribution in [0, 0.1) is 0 Å². The van der Waals surface area contributed by atoms with Gasteiger partial charge in [-0.3, -0.25) is 4.79 Å². The summed E-state index contributed by atoms with van der Waals surface area (Å²) >= 11 is 0. The molecule has 0 radical (unpaired) electrons. The van der Waals surface area contributed by atoms with E-state index >= 15 is 0 Å². The zero-order valence-corrected chi connectivity index (χ0v) is 11.4. The Bertz CT molecular complexity index is 177. The third-order valence-electron chi connectivity index (χ3n) is 2.93. The Labute approximate surface area is 135 Å². The molecule has 18 heavy (non-hydrogen) atoms. The van der Waals surface area contributed by atoms with Crippen LogP contribution in [-0.2, 0) is 9.53 Å². The molecule has 0 heterocycles. The molecule has 0 aliphatic carbocycles. The van der Waals surface area contributed by atoms with Crippen LogP contribution in [0.25, 0.3) is 0 Å². The number of hydrogen-bond donors (Lipinski definition) is 1. The van der Waals surface area contributed by atoms with Gasteiger partial charge in [0.25, 0.3) is 0 Å². The van der Waals surface area contributed by atoms with E-state index in [2.05, 4.69) is 6.92 Å². The van der Waals surface area contributed by atoms with Crippen LogP contribution in [0.15, 0.2) is 0 Å². The zero-order chi connectivity index (χ0) is 12.8. The molecular formula is C14H30NNaO2. The number of nitrogens with two attached hydrogens (primary N) is 1. The molecule has 0 aliphatic heterocycles. The molecule has 0 atom stereocenters. The third-order valence-corrected chi connectivity index (χ3v) is 2.93. The van der Waals surface area contributed by atoms with Crippen LogP contribution in [0.4, 0.5) is 0 Å². The minimum absolute atomic E-state index is 0. The summed E-state index contributed by atoms with van der Waals surface area (Å²) < 4.78 is 4.90. The van der Waals surface area contributed by atoms with Crippen LogP contribution in [0.5, 0.6) is 0 Å². The Kier molecular flexibility index (Phi) is 20.1. The van der Waals surface area contributed by atoms with E-state index in [-0.39, 0.29) is 42.1 Å². The molecule has 2 N–H and O–H groups in total. The van der Waals surface area contributed by atoms with Crippen molar-refractivity contribution in [3.63, 3.8) is 0 Å². The number of esters is 1. The molecule has 0 aromatic heterocycles. The molecule has 3 nitrogen and oxygen atoms in total. The molecule has 104 valence electrons. The third kappa shape index (κ3) is 16.4. The maximum absolute atomic E-state index is 10.7. The van der Waals surface area contributed by atoms with Crippen molar-refractivity contribution in [2.45, 2.75) is 71.1 Å². The fraction of sp³-hybridized carbons (Fsp3) is 0.929. The Balaban J connectivity index is 0. The molecule has 0 saturated heterocycles. The second-order valence-electron chi connectivity index (χ2n) is 4.61. The maximum atomic E-state index is 10.7. The Hall–Kier alpha value is 0.430. The van der Waals surface area contributed by atoms with Gasteiger partial charge in [-0.2, -0.15) is 0 Å². The van der Waals surface area contributed by atoms with E-state index in [0.29, 0.717) is 6.61 Å². The number of carbonyl (C=O) groups excluding carboxylic acids is 1. The number of ether oxygens (including phenoxy) is 1. The van der Waals surface area contributed by atoms with Gasteiger partial charge >= 0.3 is 35.5 Å². The van der Waals surface area contributed by atoms with E-state index in [4.69, 9.17) is 10.5 Å². The van der Waals surface area contributed by atoms with Crippen LogP contribution in [-0.4, -0.2) is 48.7 Å². The van der Waals surface area contributed by atoms with Crippen molar-refractivity contribution in [1.82, 2.24) is 0 Å². The average molecular weight is 267 g/mol. The van der Waals surface area contributed by atoms with Gasteiger partial charge in [0.1, 0.15) is 0 Å². The van der Waals surface area contributed by atoms with Crippen LogP contribution >= 0.6 is 0 Å². The topological polar surface area (TPSA) is 52.3 Å². The van der Waals surface area contributed by atoms with Crippen LogP contribution in [0.1, 0.15) is 71.1 Å². The Morgan fingerprint density at radius 3 is 1.78 bits per heavy atom. The molecule has 0 aliphatic rings. The van der Waals surface area contributed by atoms with Crippen LogP contribution in [0.2, 0.25) is 0 Å². The van der Waals surface area contributed by atoms with Gasteiger partial charge in [-0.15, -0.1) is 0 Å². The van der Waals surface area contributed by atoms with Crippen molar-refractivity contribution < 1.29 is 9.53 Å². The molecular weight excluding hydrogens is 237 g/mol. The van der Waals surface area contributed by atoms with E-state index in [1.165, 1.54) is 51.4 Å². The summed E-state index contributed by atoms with van der Waals surface area (Å²) in [6, 6.07) is 0. The molecule has 0 aromatic carbocycles. The van der Waals surface area contributed by atoms with Gasteiger partial charge in [0.15, 0.2) is 0 Å². The molecule has 0 unspecified atom stereocenters. The van der Waals surface area contributed by atoms with Crippen molar-refractivity contribution in [2.24, 2.45) is 5.73 Å². The van der Waals surface area contributed by atoms with Gasteiger partial charge in [-0.25, -0.2) is 0 Å². The van der Waals surface area contributed by atoms with Gasteiger partial charge in [0.05, 0.1) is 13.2 Å². The summed E-state index contributed by atoms with van der Waals surface area (Å²) in [5.41, 5.74) is 5.13. The number of unbranched alkanes of at least 4 members (excludes halogenated alkanes) is 9. The van der Waals surface area contributed by atoms with E-state index in [0.717, 1.165) is 12.8 Å². The summed E-state index contributed by atoms with van der Waals surface area (Å²) in [5.74, 6) is -0.291. The van der Waals surface area contributed by atoms with Gasteiger partial charge in [0.2, 0.25) is 0 Å². The van der Waals surface area contributed by atoms with Crippen molar-refractivity contribution in [2.75, 3.05) is 13.2 Å². The van der Waals surface area contributed by atoms with Gasteiger partial charge < -0.3 is 10.5 Å². The van der Waals surface area contributed by atoms with Crippen LogP contribution in [0.3, 0.4) is 0 Å². The van der Waals surface area contributed by atoms with Gasteiger partial charge in [-0.05, 0) is 6.42 Å².